The van der Waals surface area contributed by atoms with Crippen molar-refractivity contribution in [2.45, 2.75) is 25.4 Å². The summed E-state index contributed by atoms with van der Waals surface area (Å²) >= 11 is 0. The van der Waals surface area contributed by atoms with Gasteiger partial charge in [-0.25, -0.2) is 4.68 Å². The molecule has 7 nitrogen and oxygen atoms in total. The fourth-order valence-electron chi connectivity index (χ4n) is 2.48. The highest BCUT2D eigenvalue weighted by molar-refractivity contribution is 5.97. The van der Waals surface area contributed by atoms with E-state index in [4.69, 9.17) is 10.5 Å². The highest BCUT2D eigenvalue weighted by atomic mass is 16.5. The molecular formula is C12H21N5O2. The molecule has 1 aromatic rings. The lowest BCUT2D eigenvalue weighted by molar-refractivity contribution is 0.100. The molecule has 1 saturated heterocycles. The standard InChI is InChI=1S/C12H21N5O2/c1-3-14-12-10(11(13)18)6-16-17(12)9-4-8(7-19-2)15-5-9/h6,8-9,14-15H,3-5,7H2,1-2H3,(H2,13,18)/t8-,9+/m1/s1. The largest absolute Gasteiger partial charge is 0.383 e. The molecule has 2 heterocycles. The van der Waals surface area contributed by atoms with E-state index in [0.717, 1.165) is 13.0 Å². The van der Waals surface area contributed by atoms with E-state index in [0.29, 0.717) is 30.6 Å². The Hall–Kier alpha value is -1.60. The Morgan fingerprint density at radius 2 is 2.53 bits per heavy atom. The van der Waals surface area contributed by atoms with Gasteiger partial charge in [-0.15, -0.1) is 0 Å². The number of carbonyl (C=O) groups excluding carboxylic acids is 1. The normalized spacial score (nSPS) is 22.6. The first-order valence-electron chi connectivity index (χ1n) is 6.50. The van der Waals surface area contributed by atoms with E-state index < -0.39 is 5.91 Å². The van der Waals surface area contributed by atoms with Crippen molar-refractivity contribution in [3.8, 4) is 0 Å². The molecule has 4 N–H and O–H groups in total. The van der Waals surface area contributed by atoms with Gasteiger partial charge in [-0.05, 0) is 13.3 Å². The SMILES string of the molecule is CCNc1c(C(N)=O)cnn1[C@@H]1CN[C@@H](COC)C1. The second-order valence-electron chi connectivity index (χ2n) is 4.70. The van der Waals surface area contributed by atoms with Gasteiger partial charge in [0, 0.05) is 26.2 Å². The van der Waals surface area contributed by atoms with Crippen molar-refractivity contribution >= 4 is 11.7 Å². The predicted molar refractivity (Wildman–Crippen MR) is 72.2 cm³/mol. The first-order chi connectivity index (χ1) is 9.17. The number of carbonyl (C=O) groups is 1. The van der Waals surface area contributed by atoms with Crippen LogP contribution in [0, 0.1) is 0 Å². The van der Waals surface area contributed by atoms with Gasteiger partial charge in [0.1, 0.15) is 11.4 Å². The van der Waals surface area contributed by atoms with E-state index in [2.05, 4.69) is 15.7 Å². The van der Waals surface area contributed by atoms with Crippen molar-refractivity contribution in [1.29, 1.82) is 0 Å². The molecule has 106 valence electrons. The molecule has 0 aliphatic carbocycles. The average molecular weight is 267 g/mol. The minimum atomic E-state index is -0.457. The number of amides is 1. The van der Waals surface area contributed by atoms with Crippen LogP contribution in [0.1, 0.15) is 29.7 Å². The molecule has 0 radical (unpaired) electrons. The summed E-state index contributed by atoms with van der Waals surface area (Å²) in [7, 11) is 1.69. The van der Waals surface area contributed by atoms with Crippen LogP contribution in [0.25, 0.3) is 0 Å². The van der Waals surface area contributed by atoms with Crippen LogP contribution >= 0.6 is 0 Å². The Bertz CT molecular complexity index is 445. The Kier molecular flexibility index (Phi) is 4.39. The molecule has 19 heavy (non-hydrogen) atoms. The Morgan fingerprint density at radius 3 is 3.16 bits per heavy atom. The van der Waals surface area contributed by atoms with E-state index in [1.165, 1.54) is 6.20 Å². The number of ether oxygens (including phenoxy) is 1. The van der Waals surface area contributed by atoms with Crippen molar-refractivity contribution in [1.82, 2.24) is 15.1 Å². The lowest BCUT2D eigenvalue weighted by Crippen LogP contribution is -2.25. The quantitative estimate of drug-likeness (QED) is 0.672. The first-order valence-corrected chi connectivity index (χ1v) is 6.50. The second kappa shape index (κ2) is 6.03. The van der Waals surface area contributed by atoms with Gasteiger partial charge in [0.05, 0.1) is 18.8 Å². The number of primary amides is 1. The number of aromatic nitrogens is 2. The number of hydrogen-bond donors (Lipinski definition) is 3. The van der Waals surface area contributed by atoms with Crippen LogP contribution in [-0.2, 0) is 4.74 Å². The Balaban J connectivity index is 2.18. The van der Waals surface area contributed by atoms with Crippen LogP contribution in [0.3, 0.4) is 0 Å². The van der Waals surface area contributed by atoms with Crippen molar-refractivity contribution in [3.05, 3.63) is 11.8 Å². The molecule has 0 spiro atoms. The van der Waals surface area contributed by atoms with Crippen LogP contribution in [-0.4, -0.2) is 48.5 Å². The summed E-state index contributed by atoms with van der Waals surface area (Å²) in [6.07, 6.45) is 2.45. The summed E-state index contributed by atoms with van der Waals surface area (Å²) < 4.78 is 7.00. The maximum absolute atomic E-state index is 11.4. The Labute approximate surface area is 112 Å². The monoisotopic (exact) mass is 267 g/mol. The molecule has 0 saturated carbocycles. The van der Waals surface area contributed by atoms with Crippen LogP contribution in [0.4, 0.5) is 5.82 Å². The molecule has 1 fully saturated rings. The minimum Gasteiger partial charge on any atom is -0.383 e. The van der Waals surface area contributed by atoms with Crippen LogP contribution < -0.4 is 16.4 Å². The number of methoxy groups -OCH3 is 1. The summed E-state index contributed by atoms with van der Waals surface area (Å²) in [4.78, 5) is 11.4. The molecule has 0 unspecified atom stereocenters. The number of rotatable bonds is 6. The molecule has 0 bridgehead atoms. The number of hydrogen-bond acceptors (Lipinski definition) is 5. The lowest BCUT2D eigenvalue weighted by Gasteiger charge is -2.15. The van der Waals surface area contributed by atoms with Gasteiger partial charge in [0.25, 0.3) is 5.91 Å². The highest BCUT2D eigenvalue weighted by Gasteiger charge is 2.28. The molecule has 2 rings (SSSR count). The number of nitrogens with zero attached hydrogens (tertiary/aromatic N) is 2. The van der Waals surface area contributed by atoms with Crippen molar-refractivity contribution in [2.75, 3.05) is 32.1 Å². The van der Waals surface area contributed by atoms with Gasteiger partial charge in [-0.3, -0.25) is 4.79 Å². The summed E-state index contributed by atoms with van der Waals surface area (Å²) in [6, 6.07) is 0.535. The van der Waals surface area contributed by atoms with Gasteiger partial charge in [0.15, 0.2) is 0 Å². The van der Waals surface area contributed by atoms with E-state index in [1.54, 1.807) is 7.11 Å². The van der Waals surface area contributed by atoms with Crippen molar-refractivity contribution in [3.63, 3.8) is 0 Å². The van der Waals surface area contributed by atoms with E-state index in [-0.39, 0.29) is 6.04 Å². The van der Waals surface area contributed by atoms with Gasteiger partial charge in [-0.1, -0.05) is 0 Å². The molecule has 1 amide bonds. The third kappa shape index (κ3) is 2.87. The summed E-state index contributed by atoms with van der Waals surface area (Å²) in [5.74, 6) is 0.251. The van der Waals surface area contributed by atoms with E-state index in [1.807, 2.05) is 11.6 Å². The zero-order valence-corrected chi connectivity index (χ0v) is 11.3. The zero-order valence-electron chi connectivity index (χ0n) is 11.3. The van der Waals surface area contributed by atoms with Crippen LogP contribution in [0.5, 0.6) is 0 Å². The summed E-state index contributed by atoms with van der Waals surface area (Å²) in [6.45, 7) is 4.18. The maximum atomic E-state index is 11.4. The molecule has 1 aliphatic rings. The Morgan fingerprint density at radius 1 is 1.74 bits per heavy atom. The third-order valence-electron chi connectivity index (χ3n) is 3.32. The highest BCUT2D eigenvalue weighted by Crippen LogP contribution is 2.25. The zero-order chi connectivity index (χ0) is 13.8. The summed E-state index contributed by atoms with van der Waals surface area (Å²) in [5.41, 5.74) is 5.81. The predicted octanol–water partition coefficient (Wildman–Crippen LogP) is -0.0368. The molecule has 0 aromatic carbocycles. The third-order valence-corrected chi connectivity index (χ3v) is 3.32. The molecule has 1 aromatic heterocycles. The molecular weight excluding hydrogens is 246 g/mol. The van der Waals surface area contributed by atoms with Gasteiger partial charge in [-0.2, -0.15) is 5.10 Å². The number of nitrogens with one attached hydrogen (secondary N) is 2. The van der Waals surface area contributed by atoms with Gasteiger partial charge < -0.3 is 21.1 Å². The average Bonchev–Trinajstić information content (AvgIpc) is 2.96. The molecule has 2 atom stereocenters. The van der Waals surface area contributed by atoms with Crippen molar-refractivity contribution < 1.29 is 9.53 Å². The molecule has 1 aliphatic heterocycles. The van der Waals surface area contributed by atoms with Gasteiger partial charge in [0.2, 0.25) is 0 Å². The topological polar surface area (TPSA) is 94.2 Å². The van der Waals surface area contributed by atoms with Gasteiger partial charge >= 0.3 is 0 Å². The van der Waals surface area contributed by atoms with Crippen LogP contribution in [0.15, 0.2) is 6.20 Å². The smallest absolute Gasteiger partial charge is 0.254 e. The van der Waals surface area contributed by atoms with E-state index >= 15 is 0 Å². The minimum absolute atomic E-state index is 0.210. The first kappa shape index (κ1) is 13.8. The number of anilines is 1. The van der Waals surface area contributed by atoms with Crippen LogP contribution in [0.2, 0.25) is 0 Å². The summed E-state index contributed by atoms with van der Waals surface area (Å²) in [5, 5.41) is 10.9. The lowest BCUT2D eigenvalue weighted by atomic mass is 10.2. The maximum Gasteiger partial charge on any atom is 0.254 e. The van der Waals surface area contributed by atoms with Crippen molar-refractivity contribution in [2.24, 2.45) is 5.73 Å². The number of nitrogens with two attached hydrogens (primary N) is 1. The fraction of sp³-hybridized carbons (Fsp3) is 0.667. The second-order valence-corrected chi connectivity index (χ2v) is 4.70. The fourth-order valence-corrected chi connectivity index (χ4v) is 2.48. The van der Waals surface area contributed by atoms with E-state index in [9.17, 15) is 4.79 Å². The molecule has 7 heteroatoms.